The highest BCUT2D eigenvalue weighted by Gasteiger charge is 2.22. The summed E-state index contributed by atoms with van der Waals surface area (Å²) in [6, 6.07) is 6.44. The summed E-state index contributed by atoms with van der Waals surface area (Å²) in [6.45, 7) is 2.19. The van der Waals surface area contributed by atoms with Crippen LogP contribution in [0.25, 0.3) is 0 Å². The minimum Gasteiger partial charge on any atom is -0.351 e. The molecule has 0 aromatic heterocycles. The van der Waals surface area contributed by atoms with Gasteiger partial charge in [0.05, 0.1) is 5.56 Å². The molecule has 23 heavy (non-hydrogen) atoms. The lowest BCUT2D eigenvalue weighted by atomic mass is 10.1. The maximum atomic E-state index is 12.3. The predicted octanol–water partition coefficient (Wildman–Crippen LogP) is 2.19. The van der Waals surface area contributed by atoms with Gasteiger partial charge in [-0.3, -0.25) is 9.59 Å². The number of benzene rings is 1. The molecule has 130 valence electrons. The van der Waals surface area contributed by atoms with E-state index in [4.69, 9.17) is 5.73 Å². The minimum absolute atomic E-state index is 0. The van der Waals surface area contributed by atoms with Gasteiger partial charge in [0.25, 0.3) is 5.91 Å². The lowest BCUT2D eigenvalue weighted by Gasteiger charge is -2.21. The second kappa shape index (κ2) is 11.7. The number of carbonyl (C=O) groups excluding carboxylic acids is 2. The Morgan fingerprint density at radius 3 is 2.52 bits per heavy atom. The summed E-state index contributed by atoms with van der Waals surface area (Å²) in [5, 5.41) is 5.61. The zero-order valence-corrected chi connectivity index (χ0v) is 16.4. The molecule has 0 radical (unpaired) electrons. The summed E-state index contributed by atoms with van der Waals surface area (Å²) >= 11 is 4.98. The Bertz CT molecular complexity index is 519. The molecule has 0 spiro atoms. The highest BCUT2D eigenvalue weighted by Crippen LogP contribution is 2.16. The van der Waals surface area contributed by atoms with Crippen LogP contribution in [0.2, 0.25) is 0 Å². The molecule has 0 fully saturated rings. The van der Waals surface area contributed by atoms with Crippen molar-refractivity contribution in [3.63, 3.8) is 0 Å². The van der Waals surface area contributed by atoms with Crippen LogP contribution in [-0.4, -0.2) is 42.5 Å². The van der Waals surface area contributed by atoms with Crippen LogP contribution in [0.4, 0.5) is 0 Å². The van der Waals surface area contributed by atoms with Gasteiger partial charge in [0, 0.05) is 17.1 Å². The summed E-state index contributed by atoms with van der Waals surface area (Å²) in [6.07, 6.45) is 2.54. The Labute approximate surface area is 156 Å². The van der Waals surface area contributed by atoms with Gasteiger partial charge in [0.1, 0.15) is 6.04 Å². The second-order valence-corrected chi connectivity index (χ2v) is 6.77. The lowest BCUT2D eigenvalue weighted by molar-refractivity contribution is -0.123. The first-order chi connectivity index (χ1) is 10.5. The lowest BCUT2D eigenvalue weighted by Crippen LogP contribution is -2.50. The van der Waals surface area contributed by atoms with E-state index in [-0.39, 0.29) is 30.3 Å². The van der Waals surface area contributed by atoms with Gasteiger partial charge in [-0.25, -0.2) is 0 Å². The molecule has 2 atom stereocenters. The summed E-state index contributed by atoms with van der Waals surface area (Å²) in [5.74, 6) is 0.312. The molecule has 2 amide bonds. The molecule has 5 nitrogen and oxygen atoms in total. The fourth-order valence-electron chi connectivity index (χ4n) is 1.79. The second-order valence-electron chi connectivity index (χ2n) is 4.93. The summed E-state index contributed by atoms with van der Waals surface area (Å²) in [4.78, 5) is 24.6. The van der Waals surface area contributed by atoms with Crippen molar-refractivity contribution in [1.82, 2.24) is 10.6 Å². The Morgan fingerprint density at radius 1 is 1.30 bits per heavy atom. The van der Waals surface area contributed by atoms with Gasteiger partial charge in [0.2, 0.25) is 5.91 Å². The Kier molecular flexibility index (Phi) is 11.3. The van der Waals surface area contributed by atoms with E-state index in [1.807, 2.05) is 19.2 Å². The van der Waals surface area contributed by atoms with Crippen molar-refractivity contribution in [3.8, 4) is 0 Å². The molecule has 0 aliphatic carbocycles. The SMILES string of the molecule is CSCCC(NC(=O)c1ccccc1Br)C(=O)N[C@@H](C)CN.Cl. The molecule has 1 unspecified atom stereocenters. The van der Waals surface area contributed by atoms with E-state index in [0.29, 0.717) is 23.0 Å². The van der Waals surface area contributed by atoms with Crippen LogP contribution in [0, 0.1) is 0 Å². The van der Waals surface area contributed by atoms with Gasteiger partial charge in [-0.2, -0.15) is 11.8 Å². The van der Waals surface area contributed by atoms with E-state index >= 15 is 0 Å². The average molecular weight is 425 g/mol. The van der Waals surface area contributed by atoms with Crippen LogP contribution in [0.5, 0.6) is 0 Å². The summed E-state index contributed by atoms with van der Waals surface area (Å²) in [7, 11) is 0. The number of rotatable bonds is 8. The molecular weight excluding hydrogens is 402 g/mol. The standard InChI is InChI=1S/C15H22BrN3O2S.ClH/c1-10(9-17)18-15(21)13(7-8-22-2)19-14(20)11-5-3-4-6-12(11)16;/h3-6,10,13H,7-9,17H2,1-2H3,(H,18,21)(H,19,20);1H/t10-,13?;/m0./s1. The van der Waals surface area contributed by atoms with Gasteiger partial charge in [-0.15, -0.1) is 12.4 Å². The van der Waals surface area contributed by atoms with Gasteiger partial charge < -0.3 is 16.4 Å². The minimum atomic E-state index is -0.568. The molecule has 0 bridgehead atoms. The van der Waals surface area contributed by atoms with Crippen molar-refractivity contribution in [3.05, 3.63) is 34.3 Å². The van der Waals surface area contributed by atoms with Crippen LogP contribution in [0.1, 0.15) is 23.7 Å². The summed E-state index contributed by atoms with van der Waals surface area (Å²) in [5.41, 5.74) is 6.03. The van der Waals surface area contributed by atoms with Gasteiger partial charge in [0.15, 0.2) is 0 Å². The highest BCUT2D eigenvalue weighted by atomic mass is 79.9. The van der Waals surface area contributed by atoms with Gasteiger partial charge in [-0.1, -0.05) is 12.1 Å². The zero-order chi connectivity index (χ0) is 16.5. The first-order valence-electron chi connectivity index (χ1n) is 7.04. The number of hydrogen-bond acceptors (Lipinski definition) is 4. The maximum Gasteiger partial charge on any atom is 0.253 e. The smallest absolute Gasteiger partial charge is 0.253 e. The first-order valence-corrected chi connectivity index (χ1v) is 9.23. The van der Waals surface area contributed by atoms with Gasteiger partial charge >= 0.3 is 0 Å². The van der Waals surface area contributed by atoms with Crippen LogP contribution in [0.15, 0.2) is 28.7 Å². The van der Waals surface area contributed by atoms with E-state index in [1.165, 1.54) is 0 Å². The molecule has 0 saturated heterocycles. The third kappa shape index (κ3) is 7.56. The van der Waals surface area contributed by atoms with E-state index < -0.39 is 6.04 Å². The summed E-state index contributed by atoms with van der Waals surface area (Å²) < 4.78 is 0.701. The van der Waals surface area contributed by atoms with Crippen molar-refractivity contribution >= 4 is 51.9 Å². The molecule has 0 saturated carbocycles. The molecular formula is C15H23BrClN3O2S. The highest BCUT2D eigenvalue weighted by molar-refractivity contribution is 9.10. The molecule has 8 heteroatoms. The van der Waals surface area contributed by atoms with Crippen LogP contribution >= 0.6 is 40.1 Å². The number of amides is 2. The van der Waals surface area contributed by atoms with Crippen molar-refractivity contribution in [1.29, 1.82) is 0 Å². The molecule has 0 aliphatic rings. The molecule has 0 heterocycles. The van der Waals surface area contributed by atoms with Crippen LogP contribution < -0.4 is 16.4 Å². The predicted molar refractivity (Wildman–Crippen MR) is 102 cm³/mol. The molecule has 1 aromatic carbocycles. The largest absolute Gasteiger partial charge is 0.351 e. The number of carbonyl (C=O) groups is 2. The number of hydrogen-bond donors (Lipinski definition) is 3. The third-order valence-electron chi connectivity index (χ3n) is 3.09. The molecule has 0 aliphatic heterocycles. The monoisotopic (exact) mass is 423 g/mol. The van der Waals surface area contributed by atoms with E-state index in [0.717, 1.165) is 5.75 Å². The molecule has 1 rings (SSSR count). The maximum absolute atomic E-state index is 12.3. The van der Waals surface area contributed by atoms with Crippen molar-refractivity contribution in [2.75, 3.05) is 18.6 Å². The third-order valence-corrected chi connectivity index (χ3v) is 4.43. The molecule has 1 aromatic rings. The van der Waals surface area contributed by atoms with E-state index in [1.54, 1.807) is 30.0 Å². The molecule has 4 N–H and O–H groups in total. The quantitative estimate of drug-likeness (QED) is 0.597. The van der Waals surface area contributed by atoms with Crippen molar-refractivity contribution in [2.24, 2.45) is 5.73 Å². The van der Waals surface area contributed by atoms with E-state index in [9.17, 15) is 9.59 Å². The first kappa shape index (κ1) is 22.2. The Morgan fingerprint density at radius 2 is 1.96 bits per heavy atom. The fraction of sp³-hybridized carbons (Fsp3) is 0.467. The number of halogens is 2. The Balaban J connectivity index is 0.00000484. The Hall–Kier alpha value is -0.760. The number of thioether (sulfide) groups is 1. The number of nitrogens with two attached hydrogens (primary N) is 1. The zero-order valence-electron chi connectivity index (χ0n) is 13.2. The topological polar surface area (TPSA) is 84.2 Å². The van der Waals surface area contributed by atoms with Crippen LogP contribution in [-0.2, 0) is 4.79 Å². The van der Waals surface area contributed by atoms with E-state index in [2.05, 4.69) is 26.6 Å². The fourth-order valence-corrected chi connectivity index (χ4v) is 2.72. The van der Waals surface area contributed by atoms with Crippen molar-refractivity contribution in [2.45, 2.75) is 25.4 Å². The van der Waals surface area contributed by atoms with Crippen LogP contribution in [0.3, 0.4) is 0 Å². The van der Waals surface area contributed by atoms with Crippen molar-refractivity contribution < 1.29 is 9.59 Å². The number of nitrogens with one attached hydrogen (secondary N) is 2. The van der Waals surface area contributed by atoms with Gasteiger partial charge in [-0.05, 0) is 53.4 Å². The normalized spacial score (nSPS) is 12.7. The average Bonchev–Trinajstić information content (AvgIpc) is 2.51.